The molecule has 0 aliphatic rings. The van der Waals surface area contributed by atoms with Gasteiger partial charge in [-0.25, -0.2) is 4.98 Å². The molecule has 164 valence electrons. The Morgan fingerprint density at radius 3 is 2.81 bits per heavy atom. The molecule has 0 saturated heterocycles. The lowest BCUT2D eigenvalue weighted by Crippen LogP contribution is -2.43. The first-order valence-corrected chi connectivity index (χ1v) is 10.5. The number of aryl methyl sites for hydroxylation is 3. The van der Waals surface area contributed by atoms with Gasteiger partial charge in [0, 0.05) is 24.0 Å². The molecular formula is C21H21ClN8OS. The van der Waals surface area contributed by atoms with Crippen molar-refractivity contribution in [2.45, 2.75) is 20.4 Å². The summed E-state index contributed by atoms with van der Waals surface area (Å²) in [5, 5.41) is 13.3. The number of anilines is 1. The molecule has 0 atom stereocenters. The minimum atomic E-state index is -0.336. The molecule has 3 N–H and O–H groups in total. The number of hydrogen-bond donors (Lipinski definition) is 3. The highest BCUT2D eigenvalue weighted by molar-refractivity contribution is 7.80. The molecule has 4 aromatic rings. The first kappa shape index (κ1) is 21.7. The molecule has 0 unspecified atom stereocenters. The highest BCUT2D eigenvalue weighted by Gasteiger charge is 2.18. The van der Waals surface area contributed by atoms with E-state index >= 15 is 0 Å². The largest absolute Gasteiger partial charge is 0.329 e. The number of fused-ring (bicyclic) bond motifs is 1. The molecule has 0 saturated carbocycles. The third kappa shape index (κ3) is 4.71. The van der Waals surface area contributed by atoms with E-state index in [2.05, 4.69) is 31.3 Å². The van der Waals surface area contributed by atoms with E-state index in [1.54, 1.807) is 28.7 Å². The topological polar surface area (TPSA) is 102 Å². The second kappa shape index (κ2) is 8.93. The Bertz CT molecular complexity index is 1330. The number of thiocarbonyl (C=S) groups is 1. The highest BCUT2D eigenvalue weighted by Crippen LogP contribution is 2.21. The van der Waals surface area contributed by atoms with Crippen molar-refractivity contribution in [2.24, 2.45) is 7.05 Å². The summed E-state index contributed by atoms with van der Waals surface area (Å²) in [7, 11) is 1.80. The Hall–Kier alpha value is -3.50. The highest BCUT2D eigenvalue weighted by atomic mass is 35.5. The fourth-order valence-electron chi connectivity index (χ4n) is 3.43. The monoisotopic (exact) mass is 468 g/mol. The van der Waals surface area contributed by atoms with Crippen molar-refractivity contribution in [3.63, 3.8) is 0 Å². The predicted molar refractivity (Wildman–Crippen MR) is 128 cm³/mol. The minimum absolute atomic E-state index is 0.227. The van der Waals surface area contributed by atoms with E-state index in [1.165, 1.54) is 0 Å². The van der Waals surface area contributed by atoms with Gasteiger partial charge in [0.15, 0.2) is 10.8 Å². The van der Waals surface area contributed by atoms with Gasteiger partial charge in [0.1, 0.15) is 0 Å². The zero-order chi connectivity index (χ0) is 22.8. The molecule has 3 aromatic heterocycles. The number of nitrogens with zero attached hydrogens (tertiary/aromatic N) is 5. The smallest absolute Gasteiger partial charge is 0.270 e. The van der Waals surface area contributed by atoms with Gasteiger partial charge < -0.3 is 5.32 Å². The first-order chi connectivity index (χ1) is 15.3. The van der Waals surface area contributed by atoms with Crippen molar-refractivity contribution in [2.75, 3.05) is 5.32 Å². The zero-order valence-electron chi connectivity index (χ0n) is 17.7. The van der Waals surface area contributed by atoms with Crippen LogP contribution in [0, 0.1) is 13.8 Å². The number of pyridine rings is 1. The molecule has 0 radical (unpaired) electrons. The van der Waals surface area contributed by atoms with Crippen LogP contribution in [0.15, 0.2) is 42.7 Å². The van der Waals surface area contributed by atoms with Crippen molar-refractivity contribution in [1.29, 1.82) is 0 Å². The van der Waals surface area contributed by atoms with Crippen molar-refractivity contribution in [3.05, 3.63) is 70.3 Å². The lowest BCUT2D eigenvalue weighted by Gasteiger charge is -2.11. The maximum Gasteiger partial charge on any atom is 0.270 e. The molecule has 0 aliphatic heterocycles. The summed E-state index contributed by atoms with van der Waals surface area (Å²) < 4.78 is 3.42. The summed E-state index contributed by atoms with van der Waals surface area (Å²) in [4.78, 5) is 17.3. The lowest BCUT2D eigenvalue weighted by atomic mass is 10.1. The van der Waals surface area contributed by atoms with Gasteiger partial charge in [0.25, 0.3) is 5.91 Å². The standard InChI is InChI=1S/C21H21ClN8OS/c1-12-7-17(18-13(2)28-29(3)19(18)24-12)20(31)26-27-21(32)25-16-9-23-30(11-16)10-14-5-4-6-15(22)8-14/h4-9,11H,10H2,1-3H3,(H,26,31)(H2,25,27,32). The van der Waals surface area contributed by atoms with Crippen LogP contribution in [0.25, 0.3) is 11.0 Å². The number of nitrogens with one attached hydrogen (secondary N) is 3. The fraction of sp³-hybridized carbons (Fsp3) is 0.190. The van der Waals surface area contributed by atoms with Gasteiger partial charge in [0.05, 0.1) is 35.1 Å². The summed E-state index contributed by atoms with van der Waals surface area (Å²) in [5.41, 5.74) is 9.65. The van der Waals surface area contributed by atoms with E-state index in [-0.39, 0.29) is 11.0 Å². The quantitative estimate of drug-likeness (QED) is 0.312. The van der Waals surface area contributed by atoms with Crippen LogP contribution in [0.3, 0.4) is 0 Å². The maximum absolute atomic E-state index is 12.8. The SMILES string of the molecule is Cc1cc(C(=O)NNC(=S)Nc2cnn(Cc3cccc(Cl)c3)c2)c2c(C)nn(C)c2n1. The van der Waals surface area contributed by atoms with Crippen LogP contribution in [0.4, 0.5) is 5.69 Å². The Morgan fingerprint density at radius 2 is 2.03 bits per heavy atom. The molecule has 1 aromatic carbocycles. The van der Waals surface area contributed by atoms with Crippen molar-refractivity contribution in [1.82, 2.24) is 35.4 Å². The fourth-order valence-corrected chi connectivity index (χ4v) is 3.81. The zero-order valence-corrected chi connectivity index (χ0v) is 19.3. The summed E-state index contributed by atoms with van der Waals surface area (Å²) in [6, 6.07) is 9.31. The van der Waals surface area contributed by atoms with Gasteiger partial charge in [-0.15, -0.1) is 0 Å². The third-order valence-electron chi connectivity index (χ3n) is 4.76. The van der Waals surface area contributed by atoms with Gasteiger partial charge in [-0.2, -0.15) is 10.2 Å². The molecule has 1 amide bonds. The second-order valence-electron chi connectivity index (χ2n) is 7.31. The molecule has 0 aliphatic carbocycles. The molecule has 0 bridgehead atoms. The van der Waals surface area contributed by atoms with Crippen LogP contribution >= 0.6 is 23.8 Å². The van der Waals surface area contributed by atoms with Crippen molar-refractivity contribution in [3.8, 4) is 0 Å². The van der Waals surface area contributed by atoms with E-state index in [9.17, 15) is 4.79 Å². The normalized spacial score (nSPS) is 10.9. The molecule has 11 heteroatoms. The van der Waals surface area contributed by atoms with Gasteiger partial charge in [0.2, 0.25) is 0 Å². The van der Waals surface area contributed by atoms with Crippen molar-refractivity contribution >= 4 is 51.6 Å². The molecular weight excluding hydrogens is 448 g/mol. The van der Waals surface area contributed by atoms with Crippen LogP contribution in [0.5, 0.6) is 0 Å². The molecule has 3 heterocycles. The van der Waals surface area contributed by atoms with E-state index in [4.69, 9.17) is 23.8 Å². The van der Waals surface area contributed by atoms with Crippen LogP contribution in [-0.4, -0.2) is 35.6 Å². The summed E-state index contributed by atoms with van der Waals surface area (Å²) in [5.74, 6) is -0.336. The Balaban J connectivity index is 1.38. The number of aromatic nitrogens is 5. The molecule has 9 nitrogen and oxygen atoms in total. The summed E-state index contributed by atoms with van der Waals surface area (Å²) >= 11 is 11.3. The van der Waals surface area contributed by atoms with Gasteiger partial charge in [-0.1, -0.05) is 23.7 Å². The number of rotatable bonds is 4. The third-order valence-corrected chi connectivity index (χ3v) is 5.19. The molecule has 0 fully saturated rings. The van der Waals surface area contributed by atoms with Gasteiger partial charge >= 0.3 is 0 Å². The van der Waals surface area contributed by atoms with E-state index in [0.717, 1.165) is 17.0 Å². The van der Waals surface area contributed by atoms with Crippen LogP contribution in [0.1, 0.15) is 27.3 Å². The second-order valence-corrected chi connectivity index (χ2v) is 8.15. The van der Waals surface area contributed by atoms with Crippen LogP contribution < -0.4 is 16.2 Å². The average Bonchev–Trinajstić information content (AvgIpc) is 3.29. The number of hydrazine groups is 1. The minimum Gasteiger partial charge on any atom is -0.329 e. The Kier molecular flexibility index (Phi) is 6.06. The predicted octanol–water partition coefficient (Wildman–Crippen LogP) is 3.11. The summed E-state index contributed by atoms with van der Waals surface area (Å²) in [6.45, 7) is 4.25. The van der Waals surface area contributed by atoms with E-state index in [1.807, 2.05) is 44.3 Å². The number of halogens is 1. The molecule has 4 rings (SSSR count). The molecule has 32 heavy (non-hydrogen) atoms. The maximum atomic E-state index is 12.8. The first-order valence-electron chi connectivity index (χ1n) is 9.75. The Labute approximate surface area is 194 Å². The van der Waals surface area contributed by atoms with Crippen molar-refractivity contribution < 1.29 is 4.79 Å². The number of carbonyl (C=O) groups excluding carboxylic acids is 1. The van der Waals surface area contributed by atoms with E-state index < -0.39 is 0 Å². The molecule has 0 spiro atoms. The number of carbonyl (C=O) groups is 1. The number of benzene rings is 1. The summed E-state index contributed by atoms with van der Waals surface area (Å²) in [6.07, 6.45) is 3.46. The number of hydrogen-bond acceptors (Lipinski definition) is 5. The van der Waals surface area contributed by atoms with Crippen LogP contribution in [-0.2, 0) is 13.6 Å². The number of amides is 1. The van der Waals surface area contributed by atoms with Crippen LogP contribution in [0.2, 0.25) is 5.02 Å². The van der Waals surface area contributed by atoms with Gasteiger partial charge in [-0.3, -0.25) is 25.0 Å². The van der Waals surface area contributed by atoms with E-state index in [0.29, 0.717) is 33.9 Å². The lowest BCUT2D eigenvalue weighted by molar-refractivity contribution is 0.0945. The average molecular weight is 469 g/mol. The van der Waals surface area contributed by atoms with Gasteiger partial charge in [-0.05, 0) is 49.8 Å². The Morgan fingerprint density at radius 1 is 1.22 bits per heavy atom.